The van der Waals surface area contributed by atoms with Crippen molar-refractivity contribution in [3.8, 4) is 11.5 Å². The average Bonchev–Trinajstić information content (AvgIpc) is 2.25. The zero-order chi connectivity index (χ0) is 13.1. The summed E-state index contributed by atoms with van der Waals surface area (Å²) in [6.45, 7) is 6.27. The number of carbonyl (C=O) groups is 1. The Bertz CT molecular complexity index is 413. The van der Waals surface area contributed by atoms with Crippen molar-refractivity contribution in [1.82, 2.24) is 0 Å². The summed E-state index contributed by atoms with van der Waals surface area (Å²) in [6, 6.07) is 5.27. The number of rotatable bonds is 5. The second-order valence-corrected chi connectivity index (χ2v) is 9.63. The quantitative estimate of drug-likeness (QED) is 0.474. The minimum absolute atomic E-state index is 0.0353. The van der Waals surface area contributed by atoms with Gasteiger partial charge in [0.1, 0.15) is 5.75 Å². The fraction of sp³-hybridized carbons (Fsp3) is 0.417. The van der Waals surface area contributed by atoms with Crippen LogP contribution in [0.25, 0.3) is 0 Å². The minimum atomic E-state index is -1.72. The second-order valence-electron chi connectivity index (χ2n) is 4.64. The maximum absolute atomic E-state index is 11.6. The van der Waals surface area contributed by atoms with Crippen molar-refractivity contribution in [2.45, 2.75) is 19.6 Å². The topological polar surface area (TPSA) is 35.5 Å². The number of alkyl halides is 1. The van der Waals surface area contributed by atoms with Gasteiger partial charge in [-0.1, -0.05) is 15.9 Å². The zero-order valence-corrected chi connectivity index (χ0v) is 13.1. The van der Waals surface area contributed by atoms with Gasteiger partial charge >= 0.3 is 0 Å². The molecule has 0 radical (unpaired) electrons. The molecule has 0 fully saturated rings. The van der Waals surface area contributed by atoms with E-state index in [9.17, 15) is 4.79 Å². The SMILES string of the molecule is COc1ccc(C(=O)CBr)cc1O[Si](C)(C)C. The van der Waals surface area contributed by atoms with Gasteiger partial charge in [0.15, 0.2) is 11.5 Å². The third-order valence-electron chi connectivity index (χ3n) is 2.02. The Morgan fingerprint density at radius 1 is 1.29 bits per heavy atom. The van der Waals surface area contributed by atoms with E-state index in [2.05, 4.69) is 35.6 Å². The summed E-state index contributed by atoms with van der Waals surface area (Å²) in [7, 11) is -0.121. The molecule has 0 N–H and O–H groups in total. The molecule has 0 amide bonds. The van der Waals surface area contributed by atoms with Gasteiger partial charge in [-0.25, -0.2) is 0 Å². The molecule has 0 spiro atoms. The average molecular weight is 317 g/mol. The number of benzene rings is 1. The van der Waals surface area contributed by atoms with E-state index < -0.39 is 8.32 Å². The molecule has 17 heavy (non-hydrogen) atoms. The normalized spacial score (nSPS) is 11.1. The number of hydrogen-bond acceptors (Lipinski definition) is 3. The highest BCUT2D eigenvalue weighted by Crippen LogP contribution is 2.30. The van der Waals surface area contributed by atoms with E-state index in [1.165, 1.54) is 0 Å². The van der Waals surface area contributed by atoms with Crippen LogP contribution >= 0.6 is 15.9 Å². The molecule has 94 valence electrons. The van der Waals surface area contributed by atoms with Crippen LogP contribution in [-0.2, 0) is 0 Å². The Morgan fingerprint density at radius 2 is 1.94 bits per heavy atom. The first-order valence-electron chi connectivity index (χ1n) is 5.33. The van der Waals surface area contributed by atoms with Crippen LogP contribution in [0.5, 0.6) is 11.5 Å². The molecule has 0 saturated heterocycles. The van der Waals surface area contributed by atoms with E-state index in [-0.39, 0.29) is 5.78 Å². The molecular formula is C12H17BrO3Si. The fourth-order valence-electron chi connectivity index (χ4n) is 1.34. The number of carbonyl (C=O) groups excluding carboxylic acids is 1. The lowest BCUT2D eigenvalue weighted by atomic mass is 10.1. The summed E-state index contributed by atoms with van der Waals surface area (Å²) in [6.07, 6.45) is 0. The van der Waals surface area contributed by atoms with E-state index in [4.69, 9.17) is 9.16 Å². The lowest BCUT2D eigenvalue weighted by molar-refractivity contribution is 0.102. The highest BCUT2D eigenvalue weighted by atomic mass is 79.9. The summed E-state index contributed by atoms with van der Waals surface area (Å²) in [5, 5.41) is 0.311. The summed E-state index contributed by atoms with van der Waals surface area (Å²) >= 11 is 3.16. The minimum Gasteiger partial charge on any atom is -0.542 e. The Labute approximate surface area is 111 Å². The highest BCUT2D eigenvalue weighted by Gasteiger charge is 2.19. The van der Waals surface area contributed by atoms with Gasteiger partial charge in [-0.2, -0.15) is 0 Å². The first-order valence-corrected chi connectivity index (χ1v) is 9.86. The summed E-state index contributed by atoms with van der Waals surface area (Å²) in [5.41, 5.74) is 0.635. The number of halogens is 1. The number of methoxy groups -OCH3 is 1. The van der Waals surface area contributed by atoms with Crippen LogP contribution in [-0.4, -0.2) is 26.5 Å². The summed E-state index contributed by atoms with van der Waals surface area (Å²) in [5.74, 6) is 1.35. The van der Waals surface area contributed by atoms with Crippen molar-refractivity contribution in [2.75, 3.05) is 12.4 Å². The molecule has 3 nitrogen and oxygen atoms in total. The molecule has 0 bridgehead atoms. The van der Waals surface area contributed by atoms with Crippen LogP contribution in [0, 0.1) is 0 Å². The van der Waals surface area contributed by atoms with Crippen LogP contribution in [0.1, 0.15) is 10.4 Å². The molecule has 0 aliphatic rings. The van der Waals surface area contributed by atoms with Gasteiger partial charge in [0.05, 0.1) is 12.4 Å². The van der Waals surface area contributed by atoms with Gasteiger partial charge < -0.3 is 9.16 Å². The van der Waals surface area contributed by atoms with Crippen molar-refractivity contribution >= 4 is 30.0 Å². The number of hydrogen-bond donors (Lipinski definition) is 0. The van der Waals surface area contributed by atoms with Crippen molar-refractivity contribution in [1.29, 1.82) is 0 Å². The van der Waals surface area contributed by atoms with Gasteiger partial charge in [-0.15, -0.1) is 0 Å². The molecule has 1 rings (SSSR count). The maximum Gasteiger partial charge on any atom is 0.242 e. The molecule has 1 aromatic rings. The van der Waals surface area contributed by atoms with Gasteiger partial charge in [0.25, 0.3) is 0 Å². The van der Waals surface area contributed by atoms with E-state index in [1.807, 2.05) is 0 Å². The summed E-state index contributed by atoms with van der Waals surface area (Å²) in [4.78, 5) is 11.6. The lowest BCUT2D eigenvalue weighted by Gasteiger charge is -2.21. The van der Waals surface area contributed by atoms with Crippen LogP contribution in [0.15, 0.2) is 18.2 Å². The van der Waals surface area contributed by atoms with Crippen LogP contribution in [0.3, 0.4) is 0 Å². The predicted octanol–water partition coefficient (Wildman–Crippen LogP) is 3.49. The first-order chi connectivity index (χ1) is 7.87. The smallest absolute Gasteiger partial charge is 0.242 e. The summed E-state index contributed by atoms with van der Waals surface area (Å²) < 4.78 is 11.1. The predicted molar refractivity (Wildman–Crippen MR) is 75.1 cm³/mol. The van der Waals surface area contributed by atoms with Gasteiger partial charge in [-0.3, -0.25) is 4.79 Å². The Kier molecular flexibility index (Phi) is 4.77. The Balaban J connectivity index is 3.11. The third-order valence-corrected chi connectivity index (χ3v) is 3.36. The maximum atomic E-state index is 11.6. The molecule has 0 aromatic heterocycles. The molecular weight excluding hydrogens is 300 g/mol. The number of ketones is 1. The van der Waals surface area contributed by atoms with Gasteiger partial charge in [0, 0.05) is 5.56 Å². The van der Waals surface area contributed by atoms with E-state index >= 15 is 0 Å². The molecule has 0 aliphatic carbocycles. The Hall–Kier alpha value is -0.813. The largest absolute Gasteiger partial charge is 0.542 e. The van der Waals surface area contributed by atoms with Crippen LogP contribution in [0.2, 0.25) is 19.6 Å². The van der Waals surface area contributed by atoms with Gasteiger partial charge in [0.2, 0.25) is 8.32 Å². The van der Waals surface area contributed by atoms with Crippen LogP contribution in [0.4, 0.5) is 0 Å². The van der Waals surface area contributed by atoms with Crippen molar-refractivity contribution in [3.63, 3.8) is 0 Å². The van der Waals surface area contributed by atoms with Crippen molar-refractivity contribution < 1.29 is 14.0 Å². The second kappa shape index (κ2) is 5.69. The molecule has 0 atom stereocenters. The monoisotopic (exact) mass is 316 g/mol. The van der Waals surface area contributed by atoms with Crippen molar-refractivity contribution in [2.24, 2.45) is 0 Å². The molecule has 0 unspecified atom stereocenters. The lowest BCUT2D eigenvalue weighted by Crippen LogP contribution is -2.29. The first kappa shape index (κ1) is 14.2. The standard InChI is InChI=1S/C12H17BrO3Si/c1-15-11-6-5-9(10(14)8-13)7-12(11)16-17(2,3)4/h5-7H,8H2,1-4H3. The van der Waals surface area contributed by atoms with E-state index in [1.54, 1.807) is 25.3 Å². The highest BCUT2D eigenvalue weighted by molar-refractivity contribution is 9.09. The fourth-order valence-corrected chi connectivity index (χ4v) is 2.48. The molecule has 5 heteroatoms. The van der Waals surface area contributed by atoms with Crippen LogP contribution < -0.4 is 9.16 Å². The number of ether oxygens (including phenoxy) is 1. The third kappa shape index (κ3) is 4.16. The van der Waals surface area contributed by atoms with E-state index in [0.717, 1.165) is 0 Å². The Morgan fingerprint density at radius 3 is 2.41 bits per heavy atom. The molecule has 0 heterocycles. The van der Waals surface area contributed by atoms with Crippen molar-refractivity contribution in [3.05, 3.63) is 23.8 Å². The molecule has 0 aliphatic heterocycles. The number of Topliss-reactive ketones (excluding diaryl/α,β-unsaturated/α-hetero) is 1. The molecule has 1 aromatic carbocycles. The zero-order valence-electron chi connectivity index (χ0n) is 10.5. The van der Waals surface area contributed by atoms with Gasteiger partial charge in [-0.05, 0) is 37.8 Å². The van der Waals surface area contributed by atoms with E-state index in [0.29, 0.717) is 22.4 Å². The molecule has 0 saturated carbocycles.